The number of rotatable bonds is 7. The van der Waals surface area contributed by atoms with Crippen molar-refractivity contribution in [3.05, 3.63) is 177 Å². The number of nitrogens with zero attached hydrogens (tertiary/aromatic N) is 3. The molecule has 0 unspecified atom stereocenters. The van der Waals surface area contributed by atoms with Gasteiger partial charge in [0.25, 0.3) is 0 Å². The van der Waals surface area contributed by atoms with Crippen molar-refractivity contribution in [1.29, 1.82) is 5.26 Å². The van der Waals surface area contributed by atoms with Crippen LogP contribution in [0.3, 0.4) is 0 Å². The minimum absolute atomic E-state index is 0.00527. The molecule has 6 rings (SSSR count). The molecule has 0 fully saturated rings. The normalized spacial score (nSPS) is 13.2. The Kier molecular flexibility index (Phi) is 15.5. The van der Waals surface area contributed by atoms with Gasteiger partial charge in [-0.15, -0.1) is 0 Å². The van der Waals surface area contributed by atoms with Gasteiger partial charge >= 0.3 is 49.4 Å². The van der Waals surface area contributed by atoms with Gasteiger partial charge in [0.2, 0.25) is 24.2 Å². The molecule has 0 radical (unpaired) electrons. The molecule has 0 spiro atoms. The summed E-state index contributed by atoms with van der Waals surface area (Å²) in [6.45, 7) is 0.210. The van der Waals surface area contributed by atoms with E-state index in [2.05, 4.69) is 4.98 Å². The molecule has 74 heavy (non-hydrogen) atoms. The molecule has 0 atom stereocenters. The predicted molar refractivity (Wildman–Crippen MR) is 210 cm³/mol. The van der Waals surface area contributed by atoms with Crippen LogP contribution in [0.1, 0.15) is 60.6 Å². The van der Waals surface area contributed by atoms with E-state index in [0.717, 1.165) is 0 Å². The molecule has 0 saturated carbocycles. The smallest absolute Gasteiger partial charge is 0.287 e. The van der Waals surface area contributed by atoms with Crippen LogP contribution in [0.25, 0.3) is 0 Å². The standard InChI is InChI=1S/C32H12BF24.C13H10N3O/c34-25(35,36)13-1-14(26(37,38)39)6-21(5-13)33(22-7-15(27(40,41)42)2-16(8-22)28(43,44)45,23-9-17(29(46,47)48)3-18(10-23)30(49,50)51)24-11-19(31(52,53)54)4-20(12-24)32(55,56)57;14-8-12-9-16(7-6-15-12)10-13(17)11-4-2-1-3-5-11/h1-12H;1-7,9H,10H2/q-1;+1. The van der Waals surface area contributed by atoms with Crippen molar-refractivity contribution in [2.24, 2.45) is 0 Å². The summed E-state index contributed by atoms with van der Waals surface area (Å²) >= 11 is 0. The molecule has 0 aliphatic carbocycles. The lowest BCUT2D eigenvalue weighted by Gasteiger charge is -2.46. The van der Waals surface area contributed by atoms with Crippen LogP contribution in [-0.4, -0.2) is 16.9 Å². The highest BCUT2D eigenvalue weighted by atomic mass is 19.4. The summed E-state index contributed by atoms with van der Waals surface area (Å²) < 4.78 is 342. The summed E-state index contributed by atoms with van der Waals surface area (Å²) in [5, 5.41) is 8.70. The van der Waals surface area contributed by atoms with Gasteiger partial charge in [-0.25, -0.2) is 4.98 Å². The van der Waals surface area contributed by atoms with Crippen LogP contribution in [-0.2, 0) is 56.0 Å². The summed E-state index contributed by atoms with van der Waals surface area (Å²) in [7, 11) is 0. The highest BCUT2D eigenvalue weighted by Gasteiger charge is 2.47. The lowest BCUT2D eigenvalue weighted by atomic mass is 9.12. The van der Waals surface area contributed by atoms with E-state index in [0.29, 0.717) is 11.3 Å². The van der Waals surface area contributed by atoms with Gasteiger partial charge in [-0.05, 0) is 24.3 Å². The van der Waals surface area contributed by atoms with Crippen molar-refractivity contribution >= 4 is 33.8 Å². The minimum Gasteiger partial charge on any atom is -0.287 e. The van der Waals surface area contributed by atoms with Gasteiger partial charge in [-0.3, -0.25) is 4.79 Å². The summed E-state index contributed by atoms with van der Waals surface area (Å²) in [6.07, 6.45) is -50.1. The Balaban J connectivity index is 0.000000500. The molecule has 1 heterocycles. The number of nitriles is 1. The lowest BCUT2D eigenvalue weighted by Crippen LogP contribution is -2.75. The molecule has 5 aromatic carbocycles. The van der Waals surface area contributed by atoms with Crippen LogP contribution in [0.15, 0.2) is 122 Å². The first-order chi connectivity index (χ1) is 33.6. The van der Waals surface area contributed by atoms with Crippen LogP contribution in [0, 0.1) is 11.3 Å². The molecule has 6 aromatic rings. The predicted octanol–water partition coefficient (Wildman–Crippen LogP) is 12.3. The molecule has 1 aromatic heterocycles. The minimum atomic E-state index is -6.13. The lowest BCUT2D eigenvalue weighted by molar-refractivity contribution is -0.683. The number of carbonyl (C=O) groups is 1. The Morgan fingerprint density at radius 3 is 0.919 bits per heavy atom. The molecular weight excluding hydrogens is 1070 g/mol. The maximum atomic E-state index is 14.2. The molecule has 394 valence electrons. The van der Waals surface area contributed by atoms with Crippen molar-refractivity contribution < 1.29 is 115 Å². The summed E-state index contributed by atoms with van der Waals surface area (Å²) in [5.74, 6) is 0.00527. The van der Waals surface area contributed by atoms with Crippen LogP contribution < -0.4 is 26.4 Å². The van der Waals surface area contributed by atoms with Crippen LogP contribution >= 0.6 is 0 Å². The first-order valence-electron chi connectivity index (χ1n) is 19.7. The van der Waals surface area contributed by atoms with E-state index >= 15 is 0 Å². The average molecular weight is 1090 g/mol. The molecule has 0 aliphatic rings. The monoisotopic (exact) mass is 1090 g/mol. The highest BCUT2D eigenvalue weighted by molar-refractivity contribution is 7.20. The number of aromatic nitrogens is 2. The van der Waals surface area contributed by atoms with E-state index in [1.54, 1.807) is 29.1 Å². The van der Waals surface area contributed by atoms with E-state index in [-0.39, 0.29) is 12.3 Å². The van der Waals surface area contributed by atoms with Crippen LogP contribution in [0.5, 0.6) is 0 Å². The molecule has 29 heteroatoms. The van der Waals surface area contributed by atoms with Gasteiger partial charge in [-0.2, -0.15) is 137 Å². The number of hydrogen-bond acceptors (Lipinski definition) is 3. The summed E-state index contributed by atoms with van der Waals surface area (Å²) in [5.41, 5.74) is -29.2. The van der Waals surface area contributed by atoms with Gasteiger partial charge < -0.3 is 0 Å². The maximum absolute atomic E-state index is 14.2. The number of Topliss-reactive ketones (excluding diaryl/α,β-unsaturated/α-hetero) is 1. The molecule has 0 N–H and O–H groups in total. The van der Waals surface area contributed by atoms with Crippen LogP contribution in [0.4, 0.5) is 105 Å². The first-order valence-corrected chi connectivity index (χ1v) is 19.7. The summed E-state index contributed by atoms with van der Waals surface area (Å²) in [4.78, 5) is 15.7. The average Bonchev–Trinajstić information content (AvgIpc) is 3.27. The highest BCUT2D eigenvalue weighted by Crippen LogP contribution is 2.41. The first kappa shape index (κ1) is 57.6. The van der Waals surface area contributed by atoms with Crippen molar-refractivity contribution in [3.63, 3.8) is 0 Å². The second-order valence-electron chi connectivity index (χ2n) is 15.7. The summed E-state index contributed by atoms with van der Waals surface area (Å²) in [6, 6.07) is 2.19. The van der Waals surface area contributed by atoms with Gasteiger partial charge in [0.05, 0.1) is 50.7 Å². The third kappa shape index (κ3) is 13.3. The largest absolute Gasteiger partial charge is 0.416 e. The Bertz CT molecular complexity index is 2630. The second kappa shape index (κ2) is 19.9. The van der Waals surface area contributed by atoms with Crippen molar-refractivity contribution in [3.8, 4) is 6.07 Å². The topological polar surface area (TPSA) is 57.6 Å². The zero-order valence-electron chi connectivity index (χ0n) is 35.7. The quantitative estimate of drug-likeness (QED) is 0.0693. The fraction of sp³-hybridized carbons (Fsp3) is 0.200. The van der Waals surface area contributed by atoms with Gasteiger partial charge in [0.15, 0.2) is 6.20 Å². The van der Waals surface area contributed by atoms with E-state index in [9.17, 15) is 110 Å². The zero-order valence-corrected chi connectivity index (χ0v) is 35.7. The van der Waals surface area contributed by atoms with Crippen molar-refractivity contribution in [2.75, 3.05) is 0 Å². The number of benzene rings is 5. The second-order valence-corrected chi connectivity index (χ2v) is 15.7. The van der Waals surface area contributed by atoms with E-state index < -0.39 is 195 Å². The number of alkyl halides is 24. The number of ketones is 1. The third-order valence-electron chi connectivity index (χ3n) is 10.7. The number of carbonyl (C=O) groups excluding carboxylic acids is 1. The van der Waals surface area contributed by atoms with Crippen molar-refractivity contribution in [1.82, 2.24) is 4.98 Å². The molecule has 0 aliphatic heterocycles. The zero-order chi connectivity index (χ0) is 56.0. The van der Waals surface area contributed by atoms with Gasteiger partial charge in [0.1, 0.15) is 12.2 Å². The molecule has 0 bridgehead atoms. The Morgan fingerprint density at radius 1 is 0.432 bits per heavy atom. The molecular formula is C45H22BF24N3O. The number of halogens is 24. The van der Waals surface area contributed by atoms with Crippen molar-refractivity contribution in [2.45, 2.75) is 56.0 Å². The Morgan fingerprint density at radius 2 is 0.689 bits per heavy atom. The van der Waals surface area contributed by atoms with Gasteiger partial charge in [-0.1, -0.05) is 78.9 Å². The fourth-order valence-electron chi connectivity index (χ4n) is 7.54. The van der Waals surface area contributed by atoms with Crippen LogP contribution in [0.2, 0.25) is 0 Å². The third-order valence-corrected chi connectivity index (χ3v) is 10.7. The van der Waals surface area contributed by atoms with E-state index in [4.69, 9.17) is 5.26 Å². The fourth-order valence-corrected chi connectivity index (χ4v) is 7.54. The Hall–Kier alpha value is -7.28. The molecule has 0 amide bonds. The SMILES string of the molecule is FC(F)(F)c1cc([B-](c2cc(C(F)(F)F)cc(C(F)(F)F)c2)(c2cc(C(F)(F)F)cc(C(F)(F)F)c2)c2cc(C(F)(F)F)cc(C(F)(F)F)c2)cc(C(F)(F)F)c1.N#Cc1c[n+](CC(=O)c2ccccc2)ccn1. The Labute approximate surface area is 398 Å². The van der Waals surface area contributed by atoms with E-state index in [1.807, 2.05) is 24.3 Å². The molecule has 0 saturated heterocycles. The maximum Gasteiger partial charge on any atom is 0.416 e. The van der Waals surface area contributed by atoms with E-state index in [1.165, 1.54) is 6.20 Å². The van der Waals surface area contributed by atoms with Gasteiger partial charge in [0, 0.05) is 5.56 Å². The molecule has 4 nitrogen and oxygen atoms in total. The number of hydrogen-bond donors (Lipinski definition) is 0.